The average Bonchev–Trinajstić information content (AvgIpc) is 2.83. The van der Waals surface area contributed by atoms with Crippen molar-refractivity contribution in [2.45, 2.75) is 44.8 Å². The van der Waals surface area contributed by atoms with Crippen LogP contribution in [0.3, 0.4) is 0 Å². The van der Waals surface area contributed by atoms with Gasteiger partial charge in [0.2, 0.25) is 0 Å². The van der Waals surface area contributed by atoms with Gasteiger partial charge in [-0.2, -0.15) is 5.10 Å². The van der Waals surface area contributed by atoms with Gasteiger partial charge in [0, 0.05) is 19.3 Å². The van der Waals surface area contributed by atoms with Gasteiger partial charge in [-0.15, -0.1) is 0 Å². The molecular formula is C12H21N3O. The number of nitrogens with zero attached hydrogens (tertiary/aromatic N) is 2. The Morgan fingerprint density at radius 3 is 3.12 bits per heavy atom. The van der Waals surface area contributed by atoms with E-state index in [-0.39, 0.29) is 0 Å². The zero-order valence-corrected chi connectivity index (χ0v) is 9.89. The molecule has 4 heteroatoms. The molecule has 1 saturated carbocycles. The summed E-state index contributed by atoms with van der Waals surface area (Å²) >= 11 is 0. The predicted octanol–water partition coefficient (Wildman–Crippen LogP) is 1.07. The van der Waals surface area contributed by atoms with Crippen LogP contribution >= 0.6 is 0 Å². The Morgan fingerprint density at radius 1 is 1.69 bits per heavy atom. The van der Waals surface area contributed by atoms with Crippen molar-refractivity contribution in [1.82, 2.24) is 9.78 Å². The Morgan fingerprint density at radius 2 is 2.50 bits per heavy atom. The van der Waals surface area contributed by atoms with Crippen LogP contribution in [0.1, 0.15) is 31.2 Å². The van der Waals surface area contributed by atoms with Gasteiger partial charge in [-0.25, -0.2) is 0 Å². The summed E-state index contributed by atoms with van der Waals surface area (Å²) in [6, 6.07) is 0. The van der Waals surface area contributed by atoms with Crippen molar-refractivity contribution in [2.24, 2.45) is 11.7 Å². The molecule has 0 radical (unpaired) electrons. The van der Waals surface area contributed by atoms with Crippen molar-refractivity contribution in [3.8, 4) is 0 Å². The lowest BCUT2D eigenvalue weighted by Gasteiger charge is -2.28. The third kappa shape index (κ3) is 2.28. The molecule has 0 spiro atoms. The maximum Gasteiger partial charge on any atom is 0.0798 e. The molecule has 1 fully saturated rings. The molecule has 0 amide bonds. The monoisotopic (exact) mass is 223 g/mol. The van der Waals surface area contributed by atoms with Crippen LogP contribution in [0.4, 0.5) is 0 Å². The molecule has 4 nitrogen and oxygen atoms in total. The van der Waals surface area contributed by atoms with Gasteiger partial charge in [0.1, 0.15) is 0 Å². The van der Waals surface area contributed by atoms with Crippen LogP contribution in [0, 0.1) is 12.8 Å². The van der Waals surface area contributed by atoms with Gasteiger partial charge in [0.25, 0.3) is 0 Å². The van der Waals surface area contributed by atoms with Gasteiger partial charge in [0.15, 0.2) is 0 Å². The molecule has 2 unspecified atom stereocenters. The van der Waals surface area contributed by atoms with E-state index in [0.29, 0.717) is 12.5 Å². The van der Waals surface area contributed by atoms with Gasteiger partial charge in [0.05, 0.1) is 11.8 Å². The molecule has 1 aromatic heterocycles. The summed E-state index contributed by atoms with van der Waals surface area (Å²) in [7, 11) is 0. The number of hydrogen-bond donors (Lipinski definition) is 2. The Labute approximate surface area is 96.5 Å². The third-order valence-electron chi connectivity index (χ3n) is 3.74. The highest BCUT2D eigenvalue weighted by atomic mass is 16.3. The largest absolute Gasteiger partial charge is 0.388 e. The van der Waals surface area contributed by atoms with Crippen molar-refractivity contribution in [3.05, 3.63) is 18.0 Å². The predicted molar refractivity (Wildman–Crippen MR) is 62.9 cm³/mol. The van der Waals surface area contributed by atoms with E-state index in [9.17, 15) is 5.11 Å². The van der Waals surface area contributed by atoms with Gasteiger partial charge in [-0.05, 0) is 37.7 Å². The highest BCUT2D eigenvalue weighted by Gasteiger charge is 2.39. The first-order valence-electron chi connectivity index (χ1n) is 6.05. The molecule has 2 atom stereocenters. The first-order valence-corrected chi connectivity index (χ1v) is 6.05. The highest BCUT2D eigenvalue weighted by Crippen LogP contribution is 2.37. The first kappa shape index (κ1) is 11.6. The zero-order chi connectivity index (χ0) is 11.6. The molecular weight excluding hydrogens is 202 g/mol. The van der Waals surface area contributed by atoms with E-state index in [1.54, 1.807) is 0 Å². The molecule has 0 bridgehead atoms. The van der Waals surface area contributed by atoms with Crippen molar-refractivity contribution < 1.29 is 5.11 Å². The minimum Gasteiger partial charge on any atom is -0.388 e. The molecule has 3 N–H and O–H groups in total. The Balaban J connectivity index is 1.90. The number of hydrogen-bond acceptors (Lipinski definition) is 3. The van der Waals surface area contributed by atoms with Gasteiger partial charge < -0.3 is 10.8 Å². The third-order valence-corrected chi connectivity index (χ3v) is 3.74. The van der Waals surface area contributed by atoms with Crippen molar-refractivity contribution in [3.63, 3.8) is 0 Å². The zero-order valence-electron chi connectivity index (χ0n) is 9.89. The Kier molecular flexibility index (Phi) is 3.30. The number of aryl methyl sites for hydroxylation is 2. The number of aliphatic hydroxyl groups is 1. The topological polar surface area (TPSA) is 64.1 Å². The van der Waals surface area contributed by atoms with Crippen LogP contribution in [-0.4, -0.2) is 27.0 Å². The number of nitrogens with two attached hydrogens (primary N) is 1. The van der Waals surface area contributed by atoms with Crippen molar-refractivity contribution in [1.29, 1.82) is 0 Å². The normalized spacial score (nSPS) is 29.8. The maximum absolute atomic E-state index is 10.3. The van der Waals surface area contributed by atoms with E-state index < -0.39 is 5.60 Å². The molecule has 0 saturated heterocycles. The standard InChI is InChI=1S/C12H21N3O/c1-10-7-14-15(8-10)6-4-11-3-2-5-12(11,16)9-13/h7-8,11,16H,2-6,9,13H2,1H3. The van der Waals surface area contributed by atoms with Crippen LogP contribution < -0.4 is 5.73 Å². The summed E-state index contributed by atoms with van der Waals surface area (Å²) in [5, 5.41) is 14.5. The molecule has 1 aromatic rings. The quantitative estimate of drug-likeness (QED) is 0.802. The number of rotatable bonds is 4. The van der Waals surface area contributed by atoms with E-state index in [4.69, 9.17) is 5.73 Å². The maximum atomic E-state index is 10.3. The van der Waals surface area contributed by atoms with Crippen LogP contribution in [0.15, 0.2) is 12.4 Å². The second-order valence-electron chi connectivity index (χ2n) is 4.97. The second kappa shape index (κ2) is 4.55. The molecule has 16 heavy (non-hydrogen) atoms. The lowest BCUT2D eigenvalue weighted by molar-refractivity contribution is 0.00629. The summed E-state index contributed by atoms with van der Waals surface area (Å²) in [5.41, 5.74) is 6.22. The van der Waals surface area contributed by atoms with E-state index in [0.717, 1.165) is 32.2 Å². The van der Waals surface area contributed by atoms with Crippen molar-refractivity contribution in [2.75, 3.05) is 6.54 Å². The summed E-state index contributed by atoms with van der Waals surface area (Å²) in [4.78, 5) is 0. The average molecular weight is 223 g/mol. The summed E-state index contributed by atoms with van der Waals surface area (Å²) in [6.45, 7) is 3.30. The Bertz CT molecular complexity index is 350. The molecule has 2 rings (SSSR count). The lowest BCUT2D eigenvalue weighted by atomic mass is 9.88. The van der Waals surface area contributed by atoms with Crippen LogP contribution in [0.25, 0.3) is 0 Å². The first-order chi connectivity index (χ1) is 7.64. The van der Waals surface area contributed by atoms with Crippen LogP contribution in [0.5, 0.6) is 0 Å². The minimum absolute atomic E-state index is 0.335. The number of aromatic nitrogens is 2. The molecule has 1 aliphatic carbocycles. The van der Waals surface area contributed by atoms with E-state index in [2.05, 4.69) is 5.10 Å². The van der Waals surface area contributed by atoms with E-state index >= 15 is 0 Å². The van der Waals surface area contributed by atoms with Crippen molar-refractivity contribution >= 4 is 0 Å². The second-order valence-corrected chi connectivity index (χ2v) is 4.97. The van der Waals surface area contributed by atoms with E-state index in [1.807, 2.05) is 24.0 Å². The van der Waals surface area contributed by atoms with Gasteiger partial charge >= 0.3 is 0 Å². The minimum atomic E-state index is -0.623. The van der Waals surface area contributed by atoms with Crippen LogP contribution in [-0.2, 0) is 6.54 Å². The summed E-state index contributed by atoms with van der Waals surface area (Å²) < 4.78 is 1.95. The fourth-order valence-corrected chi connectivity index (χ4v) is 2.69. The molecule has 0 aliphatic heterocycles. The summed E-state index contributed by atoms with van der Waals surface area (Å²) in [5.74, 6) is 0.335. The lowest BCUT2D eigenvalue weighted by Crippen LogP contribution is -2.41. The van der Waals surface area contributed by atoms with Crippen LogP contribution in [0.2, 0.25) is 0 Å². The smallest absolute Gasteiger partial charge is 0.0798 e. The molecule has 1 heterocycles. The Hall–Kier alpha value is -0.870. The molecule has 90 valence electrons. The fourth-order valence-electron chi connectivity index (χ4n) is 2.69. The fraction of sp³-hybridized carbons (Fsp3) is 0.750. The summed E-state index contributed by atoms with van der Waals surface area (Å²) in [6.07, 6.45) is 7.91. The van der Waals surface area contributed by atoms with E-state index in [1.165, 1.54) is 5.56 Å². The van der Waals surface area contributed by atoms with Gasteiger partial charge in [-0.3, -0.25) is 4.68 Å². The highest BCUT2D eigenvalue weighted by molar-refractivity contribution is 4.99. The molecule has 1 aliphatic rings. The SMILES string of the molecule is Cc1cnn(CCC2CCCC2(O)CN)c1. The van der Waals surface area contributed by atoms with Gasteiger partial charge in [-0.1, -0.05) is 6.42 Å². The molecule has 0 aromatic carbocycles.